The minimum Gasteiger partial charge on any atom is -0.364 e. The van der Waals surface area contributed by atoms with E-state index in [0.29, 0.717) is 10.4 Å². The maximum Gasteiger partial charge on any atom is 0.432 e. The number of rotatable bonds is 6. The van der Waals surface area contributed by atoms with Crippen molar-refractivity contribution >= 4 is 28.1 Å². The molecule has 2 aromatic carbocycles. The molecule has 0 bridgehead atoms. The van der Waals surface area contributed by atoms with E-state index < -0.39 is 17.8 Å². The Morgan fingerprint density at radius 3 is 2.62 bits per heavy atom. The van der Waals surface area contributed by atoms with Crippen molar-refractivity contribution in [3.05, 3.63) is 65.6 Å². The van der Waals surface area contributed by atoms with Crippen molar-refractivity contribution < 1.29 is 18.0 Å². The van der Waals surface area contributed by atoms with Crippen LogP contribution in [0.5, 0.6) is 0 Å². The quantitative estimate of drug-likeness (QED) is 0.245. The summed E-state index contributed by atoms with van der Waals surface area (Å²) in [4.78, 5) is 19.7. The number of nitrogens with zero attached hydrogens (tertiary/aromatic N) is 4. The Kier molecular flexibility index (Phi) is 6.43. The summed E-state index contributed by atoms with van der Waals surface area (Å²) in [7, 11) is 0. The number of likely N-dealkylation sites (tertiary alicyclic amines) is 1. The van der Waals surface area contributed by atoms with Crippen LogP contribution in [0.2, 0.25) is 0 Å². The molecule has 8 nitrogen and oxygen atoms in total. The van der Waals surface area contributed by atoms with Gasteiger partial charge in [-0.1, -0.05) is 24.6 Å². The first kappa shape index (κ1) is 25.3. The lowest BCUT2D eigenvalue weighted by atomic mass is 9.95. The number of H-pyrrole nitrogens is 2. The molecule has 12 heteroatoms. The predicted octanol–water partition coefficient (Wildman–Crippen LogP) is 5.85. The Morgan fingerprint density at radius 1 is 1.05 bits per heavy atom. The number of hydrogen-bond acceptors (Lipinski definition) is 6. The normalized spacial score (nSPS) is 14.7. The highest BCUT2D eigenvalue weighted by atomic mass is 32.1. The summed E-state index contributed by atoms with van der Waals surface area (Å²) in [5.41, 5.74) is 9.00. The molecule has 1 aliphatic heterocycles. The van der Waals surface area contributed by atoms with Crippen molar-refractivity contribution in [3.8, 4) is 32.3 Å². The van der Waals surface area contributed by atoms with Crippen LogP contribution in [-0.2, 0) is 12.7 Å². The second kappa shape index (κ2) is 9.93. The van der Waals surface area contributed by atoms with Gasteiger partial charge in [-0.15, -0.1) is 11.3 Å². The first-order valence-corrected chi connectivity index (χ1v) is 13.3. The van der Waals surface area contributed by atoms with Gasteiger partial charge in [0.15, 0.2) is 0 Å². The molecule has 39 heavy (non-hydrogen) atoms. The summed E-state index contributed by atoms with van der Waals surface area (Å²) < 4.78 is 39.5. The maximum absolute atomic E-state index is 13.2. The zero-order valence-corrected chi connectivity index (χ0v) is 21.5. The largest absolute Gasteiger partial charge is 0.432 e. The van der Waals surface area contributed by atoms with Gasteiger partial charge in [-0.05, 0) is 66.9 Å². The van der Waals surface area contributed by atoms with Gasteiger partial charge >= 0.3 is 6.18 Å². The number of nitrogens with one attached hydrogen (secondary N) is 2. The summed E-state index contributed by atoms with van der Waals surface area (Å²) in [5.74, 6) is -0.784. The molecular weight excluding hydrogens is 527 g/mol. The van der Waals surface area contributed by atoms with Crippen LogP contribution in [0.25, 0.3) is 43.2 Å². The van der Waals surface area contributed by atoms with E-state index in [0.717, 1.165) is 59.1 Å². The van der Waals surface area contributed by atoms with E-state index in [-0.39, 0.29) is 16.4 Å². The van der Waals surface area contributed by atoms with E-state index >= 15 is 0 Å². The monoisotopic (exact) mass is 551 g/mol. The molecule has 0 atom stereocenters. The van der Waals surface area contributed by atoms with Gasteiger partial charge in [0.25, 0.3) is 5.91 Å². The van der Waals surface area contributed by atoms with Crippen LogP contribution in [0.3, 0.4) is 0 Å². The Balaban J connectivity index is 1.47. The van der Waals surface area contributed by atoms with Crippen LogP contribution in [0.1, 0.15) is 41.0 Å². The Labute approximate surface area is 225 Å². The van der Waals surface area contributed by atoms with Gasteiger partial charge in [-0.2, -0.15) is 23.4 Å². The number of thiazole rings is 1. The SMILES string of the molecule is NC(=O)c1nc(-c2cc(C(F)(F)F)[nH]n2)sc1-c1cc2[nH]ncc2cc1-c1cccc(CN2CCCCC2)c1. The van der Waals surface area contributed by atoms with Crippen molar-refractivity contribution in [1.29, 1.82) is 0 Å². The van der Waals surface area contributed by atoms with Crippen LogP contribution in [0, 0.1) is 0 Å². The number of alkyl halides is 3. The topological polar surface area (TPSA) is 117 Å². The number of aromatic amines is 2. The van der Waals surface area contributed by atoms with Crippen LogP contribution >= 0.6 is 11.3 Å². The summed E-state index contributed by atoms with van der Waals surface area (Å²) in [6, 6.07) is 13.0. The average Bonchev–Trinajstić information content (AvgIpc) is 3.67. The summed E-state index contributed by atoms with van der Waals surface area (Å²) in [5, 5.41) is 13.9. The molecule has 0 saturated carbocycles. The molecule has 0 unspecified atom stereocenters. The van der Waals surface area contributed by atoms with Gasteiger partial charge in [-0.25, -0.2) is 4.98 Å². The van der Waals surface area contributed by atoms with Crippen molar-refractivity contribution in [2.75, 3.05) is 13.1 Å². The van der Waals surface area contributed by atoms with Crippen molar-refractivity contribution in [2.45, 2.75) is 32.0 Å². The van der Waals surface area contributed by atoms with Crippen molar-refractivity contribution in [1.82, 2.24) is 30.3 Å². The highest BCUT2D eigenvalue weighted by Crippen LogP contribution is 2.42. The smallest absolute Gasteiger partial charge is 0.364 e. The van der Waals surface area contributed by atoms with Crippen LogP contribution in [0.15, 0.2) is 48.7 Å². The number of benzene rings is 2. The first-order chi connectivity index (χ1) is 18.8. The molecule has 0 radical (unpaired) electrons. The lowest BCUT2D eigenvalue weighted by Crippen LogP contribution is -2.29. The molecule has 0 aliphatic carbocycles. The van der Waals surface area contributed by atoms with E-state index in [1.165, 1.54) is 24.8 Å². The molecule has 4 heterocycles. The van der Waals surface area contributed by atoms with E-state index in [1.807, 2.05) is 29.4 Å². The fourth-order valence-corrected chi connectivity index (χ4v) is 6.05. The molecule has 200 valence electrons. The fraction of sp³-hybridized carbons (Fsp3) is 0.259. The number of amides is 1. The number of carbonyl (C=O) groups excluding carboxylic acids is 1. The number of nitrogens with two attached hydrogens (primary N) is 1. The number of piperidine rings is 1. The minimum absolute atomic E-state index is 0.0197. The highest BCUT2D eigenvalue weighted by Gasteiger charge is 2.34. The first-order valence-electron chi connectivity index (χ1n) is 12.5. The molecule has 1 fully saturated rings. The molecular formula is C27H24F3N7OS. The van der Waals surface area contributed by atoms with Gasteiger partial charge in [0.2, 0.25) is 0 Å². The lowest BCUT2D eigenvalue weighted by molar-refractivity contribution is -0.141. The number of aromatic nitrogens is 5. The molecule has 1 amide bonds. The van der Waals surface area contributed by atoms with Crippen LogP contribution in [-0.4, -0.2) is 49.3 Å². The van der Waals surface area contributed by atoms with Crippen molar-refractivity contribution in [2.24, 2.45) is 5.73 Å². The van der Waals surface area contributed by atoms with Crippen LogP contribution < -0.4 is 5.73 Å². The highest BCUT2D eigenvalue weighted by molar-refractivity contribution is 7.18. The third-order valence-corrected chi connectivity index (χ3v) is 7.99. The molecule has 0 spiro atoms. The number of primary amides is 1. The lowest BCUT2D eigenvalue weighted by Gasteiger charge is -2.26. The number of carbonyl (C=O) groups is 1. The van der Waals surface area contributed by atoms with E-state index in [2.05, 4.69) is 37.3 Å². The van der Waals surface area contributed by atoms with Gasteiger partial charge < -0.3 is 5.73 Å². The molecule has 1 aliphatic rings. The van der Waals surface area contributed by atoms with E-state index in [9.17, 15) is 18.0 Å². The second-order valence-corrected chi connectivity index (χ2v) is 10.6. The average molecular weight is 552 g/mol. The molecule has 4 N–H and O–H groups in total. The standard InChI is InChI=1S/C27H24F3N7OS/c28-27(29,30)22-12-21(35-36-22)26-33-23(25(31)38)24(39-26)19-11-20-17(13-32-34-20)10-18(19)16-6-4-5-15(9-16)14-37-7-2-1-3-8-37/h4-6,9-13H,1-3,7-8,14H2,(H2,31,38)(H,32,34)(H,35,36). The van der Waals surface area contributed by atoms with Gasteiger partial charge in [0.05, 0.1) is 16.6 Å². The Bertz CT molecular complexity index is 1660. The second-order valence-electron chi connectivity index (χ2n) is 9.62. The third-order valence-electron chi connectivity index (χ3n) is 6.88. The summed E-state index contributed by atoms with van der Waals surface area (Å²) in [6.07, 6.45) is 0.793. The number of halogens is 3. The van der Waals surface area contributed by atoms with Gasteiger partial charge in [0.1, 0.15) is 22.1 Å². The van der Waals surface area contributed by atoms with E-state index in [1.54, 1.807) is 6.20 Å². The van der Waals surface area contributed by atoms with Gasteiger partial charge in [-0.3, -0.25) is 19.9 Å². The molecule has 6 rings (SSSR count). The number of hydrogen-bond donors (Lipinski definition) is 3. The summed E-state index contributed by atoms with van der Waals surface area (Å²) >= 11 is 1.07. The third kappa shape index (κ3) is 5.04. The molecule has 3 aromatic heterocycles. The van der Waals surface area contributed by atoms with Crippen LogP contribution in [0.4, 0.5) is 13.2 Å². The van der Waals surface area contributed by atoms with Gasteiger partial charge in [0, 0.05) is 17.5 Å². The fourth-order valence-electron chi connectivity index (χ4n) is 4.99. The summed E-state index contributed by atoms with van der Waals surface area (Å²) in [6.45, 7) is 2.99. The zero-order chi connectivity index (χ0) is 27.1. The van der Waals surface area contributed by atoms with Crippen molar-refractivity contribution in [3.63, 3.8) is 0 Å². The maximum atomic E-state index is 13.2. The Hall–Kier alpha value is -4.03. The predicted molar refractivity (Wildman–Crippen MR) is 143 cm³/mol. The molecule has 5 aromatic rings. The number of fused-ring (bicyclic) bond motifs is 1. The van der Waals surface area contributed by atoms with E-state index in [4.69, 9.17) is 5.73 Å². The molecule has 1 saturated heterocycles. The minimum atomic E-state index is -4.59. The zero-order valence-electron chi connectivity index (χ0n) is 20.7. The Morgan fingerprint density at radius 2 is 1.87 bits per heavy atom.